The lowest BCUT2D eigenvalue weighted by Crippen LogP contribution is -2.20. The predicted molar refractivity (Wildman–Crippen MR) is 94.7 cm³/mol. The quantitative estimate of drug-likeness (QED) is 0.417. The first-order valence-corrected chi connectivity index (χ1v) is 7.76. The Balaban J connectivity index is 1.96. The van der Waals surface area contributed by atoms with Gasteiger partial charge in [0.15, 0.2) is 0 Å². The number of imidazole rings is 1. The van der Waals surface area contributed by atoms with Crippen LogP contribution in [-0.4, -0.2) is 27.4 Å². The van der Waals surface area contributed by atoms with E-state index in [2.05, 4.69) is 15.6 Å². The second-order valence-electron chi connectivity index (χ2n) is 4.79. The van der Waals surface area contributed by atoms with Gasteiger partial charge in [-0.3, -0.25) is 4.79 Å². The van der Waals surface area contributed by atoms with Crippen LogP contribution in [0.25, 0.3) is 5.65 Å². The summed E-state index contributed by atoms with van der Waals surface area (Å²) in [6.07, 6.45) is 9.18. The van der Waals surface area contributed by atoms with Gasteiger partial charge in [0.2, 0.25) is 5.91 Å². The first kappa shape index (κ1) is 17.9. The molecule has 2 aromatic rings. The topological polar surface area (TPSA) is 78.7 Å². The number of carbonyl (C=O) groups excluding carboxylic acids is 1. The highest BCUT2D eigenvalue weighted by Gasteiger charge is 2.03. The largest absolute Gasteiger partial charge is 0.505 e. The monoisotopic (exact) mass is 366 g/mol. The molecule has 2 aromatic heterocycles. The fourth-order valence-corrected chi connectivity index (χ4v) is 2.31. The molecule has 8 heteroatoms. The Morgan fingerprint density at radius 3 is 2.92 bits per heavy atom. The number of nitrogens with zero attached hydrogens (tertiary/aromatic N) is 2. The first-order valence-electron chi connectivity index (χ1n) is 7.00. The first-order chi connectivity index (χ1) is 11.5. The minimum atomic E-state index is -0.374. The number of fused-ring (bicyclic) bond motifs is 1. The van der Waals surface area contributed by atoms with E-state index in [4.69, 9.17) is 23.2 Å². The molecular weight excluding hydrogens is 351 g/mol. The maximum atomic E-state index is 11.9. The highest BCUT2D eigenvalue weighted by Crippen LogP contribution is 2.16. The fourth-order valence-electron chi connectivity index (χ4n) is 1.87. The van der Waals surface area contributed by atoms with E-state index in [1.54, 1.807) is 13.2 Å². The summed E-state index contributed by atoms with van der Waals surface area (Å²) < 4.78 is 1.88. The smallest absolute Gasteiger partial charge is 0.245 e. The zero-order chi connectivity index (χ0) is 17.5. The van der Waals surface area contributed by atoms with Crippen LogP contribution in [0.1, 0.15) is 5.56 Å². The normalized spacial score (nSPS) is 13.2. The minimum absolute atomic E-state index is 0.0168. The van der Waals surface area contributed by atoms with E-state index in [1.807, 2.05) is 28.9 Å². The molecule has 0 fully saturated rings. The van der Waals surface area contributed by atoms with Crippen molar-refractivity contribution in [2.45, 2.75) is 6.54 Å². The van der Waals surface area contributed by atoms with E-state index in [0.29, 0.717) is 6.54 Å². The summed E-state index contributed by atoms with van der Waals surface area (Å²) in [7, 11) is 1.62. The van der Waals surface area contributed by atoms with Crippen LogP contribution in [-0.2, 0) is 11.3 Å². The lowest BCUT2D eigenvalue weighted by Gasteiger charge is -2.04. The van der Waals surface area contributed by atoms with Crippen LogP contribution in [0.5, 0.6) is 0 Å². The number of pyridine rings is 1. The Hall–Kier alpha value is -2.44. The zero-order valence-corrected chi connectivity index (χ0v) is 14.3. The number of nitrogens with one attached hydrogen (secondary N) is 2. The molecule has 0 saturated carbocycles. The van der Waals surface area contributed by atoms with Gasteiger partial charge in [-0.1, -0.05) is 23.2 Å². The van der Waals surface area contributed by atoms with Crippen LogP contribution in [0.4, 0.5) is 0 Å². The van der Waals surface area contributed by atoms with Crippen molar-refractivity contribution in [3.8, 4) is 0 Å². The number of aromatic nitrogens is 2. The molecule has 0 aliphatic carbocycles. The van der Waals surface area contributed by atoms with Crippen LogP contribution in [0.15, 0.2) is 64.9 Å². The lowest BCUT2D eigenvalue weighted by atomic mass is 10.2. The number of aliphatic hydroxyl groups excluding tert-OH is 1. The summed E-state index contributed by atoms with van der Waals surface area (Å²) in [5.74, 6) is -0.555. The number of aliphatic hydroxyl groups is 1. The van der Waals surface area contributed by atoms with Gasteiger partial charge in [-0.25, -0.2) is 4.98 Å². The van der Waals surface area contributed by atoms with Gasteiger partial charge in [0.1, 0.15) is 11.4 Å². The van der Waals surface area contributed by atoms with E-state index >= 15 is 0 Å². The average molecular weight is 367 g/mol. The molecule has 0 saturated heterocycles. The minimum Gasteiger partial charge on any atom is -0.505 e. The van der Waals surface area contributed by atoms with Crippen molar-refractivity contribution in [1.29, 1.82) is 0 Å². The van der Waals surface area contributed by atoms with Gasteiger partial charge in [0.05, 0.1) is 5.03 Å². The van der Waals surface area contributed by atoms with E-state index in [-0.39, 0.29) is 21.7 Å². The molecule has 2 heterocycles. The Bertz CT molecular complexity index is 824. The lowest BCUT2D eigenvalue weighted by molar-refractivity contribution is -0.116. The summed E-state index contributed by atoms with van der Waals surface area (Å²) in [6.45, 7) is 0.339. The van der Waals surface area contributed by atoms with Crippen molar-refractivity contribution in [3.05, 3.63) is 70.5 Å². The summed E-state index contributed by atoms with van der Waals surface area (Å²) in [5, 5.41) is 15.0. The van der Waals surface area contributed by atoms with Crippen molar-refractivity contribution in [3.63, 3.8) is 0 Å². The van der Waals surface area contributed by atoms with Crippen molar-refractivity contribution >= 4 is 34.8 Å². The third-order valence-corrected chi connectivity index (χ3v) is 3.51. The molecule has 0 aliphatic rings. The van der Waals surface area contributed by atoms with Crippen LogP contribution < -0.4 is 10.6 Å². The van der Waals surface area contributed by atoms with E-state index < -0.39 is 0 Å². The standard InChI is InChI=1S/C16H16Cl2N4O2/c1-19-10-14(23)13(18)7-12(17)8-16(24)21-9-11-2-4-22-5-3-20-15(22)6-11/h2-8,10,19,23H,9H2,1H3,(H,21,24)/b12-8-,13-7+,14-10-. The van der Waals surface area contributed by atoms with Gasteiger partial charge in [-0.05, 0) is 23.8 Å². The highest BCUT2D eigenvalue weighted by molar-refractivity contribution is 6.36. The molecule has 126 valence electrons. The molecule has 2 rings (SSSR count). The maximum Gasteiger partial charge on any atom is 0.245 e. The van der Waals surface area contributed by atoms with Crippen LogP contribution in [0, 0.1) is 0 Å². The molecule has 0 aromatic carbocycles. The van der Waals surface area contributed by atoms with Crippen LogP contribution >= 0.6 is 23.2 Å². The van der Waals surface area contributed by atoms with Gasteiger partial charge in [-0.2, -0.15) is 0 Å². The molecule has 0 unspecified atom stereocenters. The van der Waals surface area contributed by atoms with Gasteiger partial charge in [0, 0.05) is 49.5 Å². The summed E-state index contributed by atoms with van der Waals surface area (Å²) in [6, 6.07) is 3.76. The molecule has 0 radical (unpaired) electrons. The number of allylic oxidation sites excluding steroid dienone is 3. The fraction of sp³-hybridized carbons (Fsp3) is 0.125. The maximum absolute atomic E-state index is 11.9. The van der Waals surface area contributed by atoms with Gasteiger partial charge < -0.3 is 20.1 Å². The second kappa shape index (κ2) is 8.42. The predicted octanol–water partition coefficient (Wildman–Crippen LogP) is 2.81. The third-order valence-electron chi connectivity index (χ3n) is 2.99. The van der Waals surface area contributed by atoms with Crippen LogP contribution in [0.2, 0.25) is 0 Å². The molecule has 0 aliphatic heterocycles. The molecule has 0 bridgehead atoms. The van der Waals surface area contributed by atoms with Gasteiger partial charge >= 0.3 is 0 Å². The summed E-state index contributed by atoms with van der Waals surface area (Å²) in [5.41, 5.74) is 1.71. The number of halogens is 2. The molecule has 24 heavy (non-hydrogen) atoms. The summed E-state index contributed by atoms with van der Waals surface area (Å²) in [4.78, 5) is 16.0. The Kier molecular flexibility index (Phi) is 6.28. The molecular formula is C16H16Cl2N4O2. The highest BCUT2D eigenvalue weighted by atomic mass is 35.5. The van der Waals surface area contributed by atoms with Crippen molar-refractivity contribution in [2.24, 2.45) is 0 Å². The third kappa shape index (κ3) is 5.04. The van der Waals surface area contributed by atoms with Gasteiger partial charge in [0.25, 0.3) is 0 Å². The SMILES string of the molecule is CN/C=C(O)/C(Cl)=C\C(Cl)=C\C(=O)NCc1ccn2ccnc2c1. The van der Waals surface area contributed by atoms with Crippen molar-refractivity contribution < 1.29 is 9.90 Å². The molecule has 1 amide bonds. The zero-order valence-electron chi connectivity index (χ0n) is 12.8. The number of rotatable bonds is 6. The molecule has 6 nitrogen and oxygen atoms in total. The van der Waals surface area contributed by atoms with Crippen molar-refractivity contribution in [2.75, 3.05) is 7.05 Å². The summed E-state index contributed by atoms with van der Waals surface area (Å²) >= 11 is 11.8. The number of hydrogen-bond acceptors (Lipinski definition) is 4. The number of carbonyl (C=O) groups is 1. The van der Waals surface area contributed by atoms with Crippen molar-refractivity contribution in [1.82, 2.24) is 20.0 Å². The second-order valence-corrected chi connectivity index (χ2v) is 5.63. The Morgan fingerprint density at radius 2 is 2.17 bits per heavy atom. The Morgan fingerprint density at radius 1 is 1.38 bits per heavy atom. The molecule has 0 spiro atoms. The average Bonchev–Trinajstić information content (AvgIpc) is 3.00. The number of amides is 1. The van der Waals surface area contributed by atoms with E-state index in [9.17, 15) is 9.90 Å². The molecule has 3 N–H and O–H groups in total. The Labute approximate surface area is 149 Å². The van der Waals surface area contributed by atoms with Gasteiger partial charge in [-0.15, -0.1) is 0 Å². The number of hydrogen-bond donors (Lipinski definition) is 3. The van der Waals surface area contributed by atoms with E-state index in [0.717, 1.165) is 11.2 Å². The molecule has 0 atom stereocenters. The van der Waals surface area contributed by atoms with E-state index in [1.165, 1.54) is 18.4 Å². The van der Waals surface area contributed by atoms with Crippen LogP contribution in [0.3, 0.4) is 0 Å².